The number of hydrogen-bond donors (Lipinski definition) is 1. The van der Waals surface area contributed by atoms with Crippen molar-refractivity contribution >= 4 is 10.0 Å². The van der Waals surface area contributed by atoms with Gasteiger partial charge in [0, 0.05) is 18.6 Å². The SMILES string of the molecule is Cc1ccc(C[C@H]2COCC[C@H]2S(=O)(=O)NC2CC2)cc1. The van der Waals surface area contributed by atoms with E-state index in [1.54, 1.807) is 0 Å². The summed E-state index contributed by atoms with van der Waals surface area (Å²) < 4.78 is 33.4. The van der Waals surface area contributed by atoms with Gasteiger partial charge in [0.25, 0.3) is 0 Å². The predicted octanol–water partition coefficient (Wildman–Crippen LogP) is 2.02. The zero-order valence-corrected chi connectivity index (χ0v) is 13.2. The van der Waals surface area contributed by atoms with E-state index in [1.807, 2.05) is 0 Å². The predicted molar refractivity (Wildman–Crippen MR) is 82.7 cm³/mol. The molecule has 21 heavy (non-hydrogen) atoms. The number of sulfonamides is 1. The normalized spacial score (nSPS) is 26.7. The lowest BCUT2D eigenvalue weighted by molar-refractivity contribution is 0.0570. The molecule has 0 radical (unpaired) electrons. The van der Waals surface area contributed by atoms with E-state index in [4.69, 9.17) is 4.74 Å². The zero-order valence-electron chi connectivity index (χ0n) is 12.4. The molecule has 1 aliphatic carbocycles. The minimum absolute atomic E-state index is 0.0395. The average molecular weight is 309 g/mol. The van der Waals surface area contributed by atoms with Gasteiger partial charge in [-0.1, -0.05) is 29.8 Å². The van der Waals surface area contributed by atoms with Crippen LogP contribution in [-0.2, 0) is 21.2 Å². The van der Waals surface area contributed by atoms with Gasteiger partial charge < -0.3 is 4.74 Å². The fourth-order valence-electron chi connectivity index (χ4n) is 2.92. The third-order valence-electron chi connectivity index (χ3n) is 4.33. The van der Waals surface area contributed by atoms with Gasteiger partial charge in [0.15, 0.2) is 0 Å². The van der Waals surface area contributed by atoms with E-state index in [2.05, 4.69) is 35.9 Å². The highest BCUT2D eigenvalue weighted by Crippen LogP contribution is 2.28. The van der Waals surface area contributed by atoms with Crippen LogP contribution in [-0.4, -0.2) is 32.9 Å². The summed E-state index contributed by atoms with van der Waals surface area (Å²) in [5, 5.41) is -0.326. The molecule has 0 bridgehead atoms. The van der Waals surface area contributed by atoms with Gasteiger partial charge in [0.1, 0.15) is 0 Å². The van der Waals surface area contributed by atoms with Crippen molar-refractivity contribution in [2.45, 2.75) is 43.9 Å². The fraction of sp³-hybridized carbons (Fsp3) is 0.625. The van der Waals surface area contributed by atoms with Crippen LogP contribution in [0.15, 0.2) is 24.3 Å². The second kappa shape index (κ2) is 6.07. The van der Waals surface area contributed by atoms with Crippen LogP contribution in [0.25, 0.3) is 0 Å². The molecule has 1 saturated carbocycles. The van der Waals surface area contributed by atoms with Crippen LogP contribution in [0.2, 0.25) is 0 Å². The van der Waals surface area contributed by atoms with Crippen LogP contribution in [0.3, 0.4) is 0 Å². The first-order valence-electron chi connectivity index (χ1n) is 7.69. The van der Waals surface area contributed by atoms with E-state index in [0.29, 0.717) is 19.6 Å². The highest BCUT2D eigenvalue weighted by Gasteiger charge is 2.39. The van der Waals surface area contributed by atoms with Gasteiger partial charge in [-0.15, -0.1) is 0 Å². The Balaban J connectivity index is 1.72. The van der Waals surface area contributed by atoms with Crippen LogP contribution in [0.1, 0.15) is 30.4 Å². The molecule has 1 aromatic carbocycles. The van der Waals surface area contributed by atoms with E-state index in [0.717, 1.165) is 19.3 Å². The Morgan fingerprint density at radius 1 is 1.19 bits per heavy atom. The quantitative estimate of drug-likeness (QED) is 0.905. The van der Waals surface area contributed by atoms with E-state index in [-0.39, 0.29) is 17.2 Å². The Kier molecular flexibility index (Phi) is 4.33. The molecule has 3 rings (SSSR count). The first-order valence-corrected chi connectivity index (χ1v) is 9.24. The summed E-state index contributed by atoms with van der Waals surface area (Å²) in [6, 6.07) is 8.50. The summed E-state index contributed by atoms with van der Waals surface area (Å²) >= 11 is 0. The number of benzene rings is 1. The summed E-state index contributed by atoms with van der Waals surface area (Å²) in [6.45, 7) is 3.13. The molecule has 4 nitrogen and oxygen atoms in total. The van der Waals surface area contributed by atoms with Crippen LogP contribution in [0.5, 0.6) is 0 Å². The maximum atomic E-state index is 12.5. The molecule has 2 fully saturated rings. The van der Waals surface area contributed by atoms with Gasteiger partial charge in [-0.2, -0.15) is 0 Å². The molecule has 0 amide bonds. The highest BCUT2D eigenvalue weighted by molar-refractivity contribution is 7.90. The van der Waals surface area contributed by atoms with Crippen LogP contribution in [0, 0.1) is 12.8 Å². The number of ether oxygens (including phenoxy) is 1. The summed E-state index contributed by atoms with van der Waals surface area (Å²) in [4.78, 5) is 0. The number of rotatable bonds is 5. The molecule has 1 saturated heterocycles. The molecule has 1 aliphatic heterocycles. The first-order chi connectivity index (χ1) is 10.0. The molecule has 1 heterocycles. The molecule has 2 aliphatic rings. The molecule has 5 heteroatoms. The van der Waals surface area contributed by atoms with E-state index in [1.165, 1.54) is 11.1 Å². The van der Waals surface area contributed by atoms with Crippen LogP contribution >= 0.6 is 0 Å². The molecule has 0 spiro atoms. The van der Waals surface area contributed by atoms with Crippen LogP contribution < -0.4 is 4.72 Å². The van der Waals surface area contributed by atoms with Crippen molar-refractivity contribution in [2.75, 3.05) is 13.2 Å². The second-order valence-electron chi connectivity index (χ2n) is 6.29. The van der Waals surface area contributed by atoms with Gasteiger partial charge in [0.05, 0.1) is 11.9 Å². The molecule has 0 aromatic heterocycles. The number of hydrogen-bond acceptors (Lipinski definition) is 3. The minimum Gasteiger partial charge on any atom is -0.381 e. The van der Waals surface area contributed by atoms with Crippen molar-refractivity contribution < 1.29 is 13.2 Å². The largest absolute Gasteiger partial charge is 0.381 e. The number of aryl methyl sites for hydroxylation is 1. The number of nitrogens with one attached hydrogen (secondary N) is 1. The maximum absolute atomic E-state index is 12.5. The van der Waals surface area contributed by atoms with E-state index < -0.39 is 10.0 Å². The Labute approximate surface area is 126 Å². The van der Waals surface area contributed by atoms with Gasteiger partial charge in [-0.05, 0) is 38.2 Å². The van der Waals surface area contributed by atoms with Gasteiger partial charge in [0.2, 0.25) is 10.0 Å². The molecule has 116 valence electrons. The van der Waals surface area contributed by atoms with E-state index >= 15 is 0 Å². The van der Waals surface area contributed by atoms with Gasteiger partial charge >= 0.3 is 0 Å². The van der Waals surface area contributed by atoms with Gasteiger partial charge in [-0.3, -0.25) is 0 Å². The van der Waals surface area contributed by atoms with Crippen molar-refractivity contribution in [2.24, 2.45) is 5.92 Å². The highest BCUT2D eigenvalue weighted by atomic mass is 32.2. The maximum Gasteiger partial charge on any atom is 0.215 e. The lowest BCUT2D eigenvalue weighted by atomic mass is 9.93. The van der Waals surface area contributed by atoms with Crippen molar-refractivity contribution in [3.63, 3.8) is 0 Å². The van der Waals surface area contributed by atoms with Crippen molar-refractivity contribution in [3.8, 4) is 0 Å². The zero-order chi connectivity index (χ0) is 14.9. The average Bonchev–Trinajstić information content (AvgIpc) is 3.25. The summed E-state index contributed by atoms with van der Waals surface area (Å²) in [7, 11) is -3.23. The molecule has 1 aromatic rings. The van der Waals surface area contributed by atoms with Gasteiger partial charge in [-0.25, -0.2) is 13.1 Å². The molecule has 2 atom stereocenters. The lowest BCUT2D eigenvalue weighted by Crippen LogP contribution is -2.45. The van der Waals surface area contributed by atoms with Crippen LogP contribution in [0.4, 0.5) is 0 Å². The molecule has 1 N–H and O–H groups in total. The fourth-order valence-corrected chi connectivity index (χ4v) is 4.89. The van der Waals surface area contributed by atoms with Crippen molar-refractivity contribution in [1.82, 2.24) is 4.72 Å². The van der Waals surface area contributed by atoms with E-state index in [9.17, 15) is 8.42 Å². The molecular formula is C16H23NO3S. The van der Waals surface area contributed by atoms with Crippen molar-refractivity contribution in [1.29, 1.82) is 0 Å². The monoisotopic (exact) mass is 309 g/mol. The second-order valence-corrected chi connectivity index (χ2v) is 8.22. The lowest BCUT2D eigenvalue weighted by Gasteiger charge is -2.31. The minimum atomic E-state index is -3.23. The Morgan fingerprint density at radius 3 is 2.57 bits per heavy atom. The van der Waals surface area contributed by atoms with Crippen molar-refractivity contribution in [3.05, 3.63) is 35.4 Å². The Morgan fingerprint density at radius 2 is 1.90 bits per heavy atom. The molecular weight excluding hydrogens is 286 g/mol. The topological polar surface area (TPSA) is 55.4 Å². The first kappa shape index (κ1) is 15.0. The summed E-state index contributed by atoms with van der Waals surface area (Å²) in [5.41, 5.74) is 2.40. The third-order valence-corrected chi connectivity index (χ3v) is 6.41. The summed E-state index contributed by atoms with van der Waals surface area (Å²) in [5.74, 6) is 0.0395. The molecule has 0 unspecified atom stereocenters. The summed E-state index contributed by atoms with van der Waals surface area (Å²) in [6.07, 6.45) is 3.31. The Bertz CT molecular complexity index is 578. The Hall–Kier alpha value is -0.910. The smallest absolute Gasteiger partial charge is 0.215 e. The standard InChI is InChI=1S/C16H23NO3S/c1-12-2-4-13(5-3-12)10-14-11-20-9-8-16(14)21(18,19)17-15-6-7-15/h2-5,14-17H,6-11H2,1H3/t14-,16+/m0/s1. The third kappa shape index (κ3) is 3.84.